The highest BCUT2D eigenvalue weighted by atomic mass is 32.1. The zero-order valence-corrected chi connectivity index (χ0v) is 10.5. The lowest BCUT2D eigenvalue weighted by molar-refractivity contribution is 0.580. The molecular formula is C12H14F2N2S. The third kappa shape index (κ3) is 2.39. The molecule has 0 amide bonds. The number of halogens is 2. The van der Waals surface area contributed by atoms with Gasteiger partial charge in [-0.2, -0.15) is 0 Å². The molecule has 1 aromatic rings. The van der Waals surface area contributed by atoms with Gasteiger partial charge in [0, 0.05) is 11.6 Å². The van der Waals surface area contributed by atoms with Crippen LogP contribution in [0.15, 0.2) is 12.1 Å². The van der Waals surface area contributed by atoms with Crippen LogP contribution in [0.25, 0.3) is 0 Å². The number of thiocarbonyl (C=S) groups is 1. The van der Waals surface area contributed by atoms with Crippen molar-refractivity contribution in [3.8, 4) is 0 Å². The molecule has 1 aliphatic rings. The summed E-state index contributed by atoms with van der Waals surface area (Å²) in [5, 5.41) is 2.87. The lowest BCUT2D eigenvalue weighted by Crippen LogP contribution is -2.14. The van der Waals surface area contributed by atoms with Gasteiger partial charge in [0.05, 0.1) is 0 Å². The van der Waals surface area contributed by atoms with Crippen LogP contribution < -0.4 is 11.1 Å². The molecule has 1 saturated carbocycles. The molecule has 0 aromatic heterocycles. The van der Waals surface area contributed by atoms with Crippen molar-refractivity contribution < 1.29 is 8.78 Å². The van der Waals surface area contributed by atoms with Crippen LogP contribution in [-0.2, 0) is 0 Å². The fourth-order valence-electron chi connectivity index (χ4n) is 1.74. The van der Waals surface area contributed by atoms with E-state index in [1.807, 2.05) is 13.8 Å². The Morgan fingerprint density at radius 3 is 2.24 bits per heavy atom. The zero-order valence-electron chi connectivity index (χ0n) is 9.68. The molecule has 1 atom stereocenters. The van der Waals surface area contributed by atoms with Gasteiger partial charge >= 0.3 is 0 Å². The van der Waals surface area contributed by atoms with E-state index in [0.717, 1.165) is 18.6 Å². The van der Waals surface area contributed by atoms with Crippen LogP contribution >= 0.6 is 12.2 Å². The molecule has 1 unspecified atom stereocenters. The molecule has 1 aromatic carbocycles. The fraction of sp³-hybridized carbons (Fsp3) is 0.417. The Balaban J connectivity index is 2.26. The van der Waals surface area contributed by atoms with E-state index >= 15 is 0 Å². The number of hydrogen-bond acceptors (Lipinski definition) is 2. The SMILES string of the molecule is CC1(C)CC1Nc1c(F)cc(C(N)=S)cc1F. The van der Waals surface area contributed by atoms with Gasteiger partial charge in [-0.15, -0.1) is 0 Å². The van der Waals surface area contributed by atoms with Gasteiger partial charge in [-0.3, -0.25) is 0 Å². The Morgan fingerprint density at radius 2 is 1.88 bits per heavy atom. The van der Waals surface area contributed by atoms with Crippen LogP contribution in [0.3, 0.4) is 0 Å². The molecule has 17 heavy (non-hydrogen) atoms. The van der Waals surface area contributed by atoms with Crippen LogP contribution in [0.1, 0.15) is 25.8 Å². The number of benzene rings is 1. The topological polar surface area (TPSA) is 38.0 Å². The average molecular weight is 256 g/mol. The number of nitrogens with one attached hydrogen (secondary N) is 1. The highest BCUT2D eigenvalue weighted by Gasteiger charge is 2.46. The predicted octanol–water partition coefficient (Wildman–Crippen LogP) is 2.81. The van der Waals surface area contributed by atoms with Crippen LogP contribution in [0, 0.1) is 17.0 Å². The van der Waals surface area contributed by atoms with Gasteiger partial charge in [0.1, 0.15) is 22.3 Å². The third-order valence-corrected chi connectivity index (χ3v) is 3.39. The lowest BCUT2D eigenvalue weighted by Gasteiger charge is -2.11. The number of rotatable bonds is 3. The van der Waals surface area contributed by atoms with E-state index in [1.165, 1.54) is 0 Å². The van der Waals surface area contributed by atoms with Crippen molar-refractivity contribution in [2.45, 2.75) is 26.3 Å². The highest BCUT2D eigenvalue weighted by molar-refractivity contribution is 7.80. The van der Waals surface area contributed by atoms with Crippen molar-refractivity contribution in [1.82, 2.24) is 0 Å². The van der Waals surface area contributed by atoms with E-state index in [1.54, 1.807) is 0 Å². The van der Waals surface area contributed by atoms with E-state index in [2.05, 4.69) is 17.5 Å². The molecular weight excluding hydrogens is 242 g/mol. The zero-order chi connectivity index (χ0) is 12.8. The largest absolute Gasteiger partial charge is 0.389 e. The Labute approximate surface area is 104 Å². The van der Waals surface area contributed by atoms with Crippen LogP contribution in [0.5, 0.6) is 0 Å². The summed E-state index contributed by atoms with van der Waals surface area (Å²) < 4.78 is 27.4. The minimum atomic E-state index is -0.657. The first-order chi connectivity index (χ1) is 7.81. The van der Waals surface area contributed by atoms with Gasteiger partial charge in [0.15, 0.2) is 0 Å². The summed E-state index contributed by atoms with van der Waals surface area (Å²) in [6.07, 6.45) is 0.906. The maximum atomic E-state index is 13.7. The van der Waals surface area contributed by atoms with Crippen molar-refractivity contribution in [3.63, 3.8) is 0 Å². The summed E-state index contributed by atoms with van der Waals surface area (Å²) in [7, 11) is 0. The van der Waals surface area contributed by atoms with Crippen molar-refractivity contribution in [1.29, 1.82) is 0 Å². The molecule has 5 heteroatoms. The van der Waals surface area contributed by atoms with Crippen molar-refractivity contribution in [2.24, 2.45) is 11.1 Å². The van der Waals surface area contributed by atoms with E-state index in [-0.39, 0.29) is 27.7 Å². The quantitative estimate of drug-likeness (QED) is 0.817. The molecule has 1 aliphatic carbocycles. The summed E-state index contributed by atoms with van der Waals surface area (Å²) >= 11 is 4.69. The van der Waals surface area contributed by atoms with E-state index < -0.39 is 11.6 Å². The fourth-order valence-corrected chi connectivity index (χ4v) is 1.86. The maximum Gasteiger partial charge on any atom is 0.150 e. The van der Waals surface area contributed by atoms with Crippen LogP contribution in [-0.4, -0.2) is 11.0 Å². The van der Waals surface area contributed by atoms with Crippen LogP contribution in [0.4, 0.5) is 14.5 Å². The minimum Gasteiger partial charge on any atom is -0.389 e. The normalized spacial score (nSPS) is 21.1. The van der Waals surface area contributed by atoms with Crippen molar-refractivity contribution in [3.05, 3.63) is 29.3 Å². The van der Waals surface area contributed by atoms with Gasteiger partial charge in [0.25, 0.3) is 0 Å². The summed E-state index contributed by atoms with van der Waals surface area (Å²) in [5.74, 6) is -1.31. The van der Waals surface area contributed by atoms with E-state index in [0.29, 0.717) is 0 Å². The molecule has 2 rings (SSSR count). The second-order valence-corrected chi connectivity index (χ2v) is 5.51. The summed E-state index contributed by atoms with van der Waals surface area (Å²) in [5.41, 5.74) is 5.54. The molecule has 2 nitrogen and oxygen atoms in total. The first kappa shape index (κ1) is 12.2. The van der Waals surface area contributed by atoms with Gasteiger partial charge in [0.2, 0.25) is 0 Å². The van der Waals surface area contributed by atoms with Gasteiger partial charge in [-0.25, -0.2) is 8.78 Å². The lowest BCUT2D eigenvalue weighted by atomic mass is 10.1. The van der Waals surface area contributed by atoms with Gasteiger partial charge < -0.3 is 11.1 Å². The second kappa shape index (κ2) is 3.91. The number of hydrogen-bond donors (Lipinski definition) is 2. The molecule has 0 spiro atoms. The molecule has 0 saturated heterocycles. The van der Waals surface area contributed by atoms with E-state index in [9.17, 15) is 8.78 Å². The maximum absolute atomic E-state index is 13.7. The minimum absolute atomic E-state index is 0.0129. The Hall–Kier alpha value is -1.23. The second-order valence-electron chi connectivity index (χ2n) is 5.07. The third-order valence-electron chi connectivity index (χ3n) is 3.16. The summed E-state index contributed by atoms with van der Waals surface area (Å²) in [6, 6.07) is 2.42. The average Bonchev–Trinajstić information content (AvgIpc) is 2.79. The summed E-state index contributed by atoms with van der Waals surface area (Å²) in [6.45, 7) is 4.09. The van der Waals surface area contributed by atoms with Crippen molar-refractivity contribution >= 4 is 22.9 Å². The molecule has 3 N–H and O–H groups in total. The smallest absolute Gasteiger partial charge is 0.150 e. The first-order valence-corrected chi connectivity index (χ1v) is 5.77. The molecule has 0 bridgehead atoms. The molecule has 1 fully saturated rings. The standard InChI is InChI=1S/C12H14F2N2S/c1-12(2)5-9(12)16-10-7(13)3-6(11(15)17)4-8(10)14/h3-4,9,16H,5H2,1-2H3,(H2,15,17). The highest BCUT2D eigenvalue weighted by Crippen LogP contribution is 2.47. The van der Waals surface area contributed by atoms with Gasteiger partial charge in [-0.05, 0) is 24.0 Å². The molecule has 0 radical (unpaired) electrons. The Kier molecular flexibility index (Phi) is 2.81. The number of anilines is 1. The predicted molar refractivity (Wildman–Crippen MR) is 68.1 cm³/mol. The number of nitrogens with two attached hydrogens (primary N) is 1. The van der Waals surface area contributed by atoms with Crippen LogP contribution in [0.2, 0.25) is 0 Å². The Morgan fingerprint density at radius 1 is 1.41 bits per heavy atom. The van der Waals surface area contributed by atoms with Crippen molar-refractivity contribution in [2.75, 3.05) is 5.32 Å². The molecule has 92 valence electrons. The molecule has 0 heterocycles. The molecule has 0 aliphatic heterocycles. The first-order valence-electron chi connectivity index (χ1n) is 5.36. The summed E-state index contributed by atoms with van der Waals surface area (Å²) in [4.78, 5) is -0.0129. The van der Waals surface area contributed by atoms with Gasteiger partial charge in [-0.1, -0.05) is 26.1 Å². The Bertz CT molecular complexity index is 462. The monoisotopic (exact) mass is 256 g/mol. The van der Waals surface area contributed by atoms with E-state index in [4.69, 9.17) is 5.73 Å².